The predicted molar refractivity (Wildman–Crippen MR) is 98.6 cm³/mol. The molecular formula is C18H20N4O3S. The first-order valence-electron chi connectivity index (χ1n) is 8.63. The first-order chi connectivity index (χ1) is 12.5. The van der Waals surface area contributed by atoms with Crippen molar-refractivity contribution in [2.45, 2.75) is 17.7 Å². The molecule has 1 aromatic heterocycles. The second-order valence-electron chi connectivity index (χ2n) is 6.45. The second kappa shape index (κ2) is 6.69. The Morgan fingerprint density at radius 2 is 1.81 bits per heavy atom. The topological polar surface area (TPSA) is 82.6 Å². The zero-order valence-corrected chi connectivity index (χ0v) is 15.1. The molecule has 7 nitrogen and oxygen atoms in total. The van der Waals surface area contributed by atoms with Crippen LogP contribution in [0.5, 0.6) is 0 Å². The highest BCUT2D eigenvalue weighted by Crippen LogP contribution is 2.27. The summed E-state index contributed by atoms with van der Waals surface area (Å²) >= 11 is 0. The fourth-order valence-corrected chi connectivity index (χ4v) is 4.84. The number of aromatic nitrogens is 1. The molecule has 0 radical (unpaired) electrons. The minimum atomic E-state index is -3.54. The van der Waals surface area contributed by atoms with Gasteiger partial charge < -0.3 is 10.2 Å². The molecule has 3 heterocycles. The van der Waals surface area contributed by atoms with Crippen molar-refractivity contribution in [2.24, 2.45) is 0 Å². The molecule has 4 rings (SSSR count). The number of nitrogens with one attached hydrogen (secondary N) is 1. The summed E-state index contributed by atoms with van der Waals surface area (Å²) in [4.78, 5) is 18.2. The molecule has 8 heteroatoms. The monoisotopic (exact) mass is 372 g/mol. The molecule has 0 aliphatic carbocycles. The van der Waals surface area contributed by atoms with Gasteiger partial charge in [0.05, 0.1) is 4.90 Å². The fraction of sp³-hybridized carbons (Fsp3) is 0.333. The maximum Gasteiger partial charge on any atom is 0.243 e. The molecular weight excluding hydrogens is 352 g/mol. The second-order valence-corrected chi connectivity index (χ2v) is 8.38. The Hall–Kier alpha value is -2.45. The minimum Gasteiger partial charge on any atom is -0.354 e. The highest BCUT2D eigenvalue weighted by molar-refractivity contribution is 7.89. The van der Waals surface area contributed by atoms with Crippen LogP contribution in [0, 0.1) is 0 Å². The number of anilines is 2. The summed E-state index contributed by atoms with van der Waals surface area (Å²) in [7, 11) is -3.54. The van der Waals surface area contributed by atoms with Crippen LogP contribution in [0.4, 0.5) is 11.5 Å². The molecule has 0 bridgehead atoms. The Bertz CT molecular complexity index is 923. The standard InChI is InChI=1S/C18H20N4O3S/c23-18-7-4-14-13-15(5-6-16(14)20-18)26(24,25)22-11-9-21(10-12-22)17-3-1-2-8-19-17/h1-3,5-6,8,13H,4,7,9-12H2,(H,20,23). The molecule has 0 spiro atoms. The van der Waals surface area contributed by atoms with Crippen LogP contribution in [0.2, 0.25) is 0 Å². The van der Waals surface area contributed by atoms with E-state index >= 15 is 0 Å². The quantitative estimate of drug-likeness (QED) is 0.882. The van der Waals surface area contributed by atoms with E-state index in [2.05, 4.69) is 15.2 Å². The molecule has 1 N–H and O–H groups in total. The number of carbonyl (C=O) groups excluding carboxylic acids is 1. The van der Waals surface area contributed by atoms with Crippen LogP contribution in [0.1, 0.15) is 12.0 Å². The molecule has 1 saturated heterocycles. The average molecular weight is 372 g/mol. The van der Waals surface area contributed by atoms with E-state index in [1.165, 1.54) is 4.31 Å². The lowest BCUT2D eigenvalue weighted by Crippen LogP contribution is -2.48. The molecule has 2 aliphatic heterocycles. The third kappa shape index (κ3) is 3.17. The Balaban J connectivity index is 1.50. The molecule has 2 aliphatic rings. The van der Waals surface area contributed by atoms with Crippen LogP contribution in [-0.2, 0) is 21.2 Å². The van der Waals surface area contributed by atoms with Gasteiger partial charge >= 0.3 is 0 Å². The third-order valence-corrected chi connectivity index (χ3v) is 6.72. The number of rotatable bonds is 3. The lowest BCUT2D eigenvalue weighted by Gasteiger charge is -2.34. The number of nitrogens with zero attached hydrogens (tertiary/aromatic N) is 3. The number of fused-ring (bicyclic) bond motifs is 1. The first-order valence-corrected chi connectivity index (χ1v) is 10.1. The number of carbonyl (C=O) groups is 1. The normalized spacial score (nSPS) is 18.3. The zero-order chi connectivity index (χ0) is 18.1. The average Bonchev–Trinajstić information content (AvgIpc) is 2.68. The summed E-state index contributed by atoms with van der Waals surface area (Å²) in [6, 6.07) is 10.7. The van der Waals surface area contributed by atoms with Crippen molar-refractivity contribution in [3.63, 3.8) is 0 Å². The van der Waals surface area contributed by atoms with Crippen LogP contribution in [0.25, 0.3) is 0 Å². The van der Waals surface area contributed by atoms with Gasteiger partial charge in [-0.25, -0.2) is 13.4 Å². The molecule has 0 unspecified atom stereocenters. The van der Waals surface area contributed by atoms with Crippen molar-refractivity contribution in [1.29, 1.82) is 0 Å². The van der Waals surface area contributed by atoms with Gasteiger partial charge in [-0.2, -0.15) is 4.31 Å². The number of pyridine rings is 1. The van der Waals surface area contributed by atoms with E-state index in [9.17, 15) is 13.2 Å². The van der Waals surface area contributed by atoms with Crippen molar-refractivity contribution >= 4 is 27.4 Å². The summed E-state index contributed by atoms with van der Waals surface area (Å²) < 4.78 is 27.5. The van der Waals surface area contributed by atoms with Gasteiger partial charge in [0, 0.05) is 44.5 Å². The van der Waals surface area contributed by atoms with Crippen molar-refractivity contribution < 1.29 is 13.2 Å². The first kappa shape index (κ1) is 17.0. The molecule has 1 aromatic carbocycles. The molecule has 0 atom stereocenters. The highest BCUT2D eigenvalue weighted by atomic mass is 32.2. The van der Waals surface area contributed by atoms with E-state index in [1.54, 1.807) is 24.4 Å². The molecule has 136 valence electrons. The Morgan fingerprint density at radius 3 is 2.54 bits per heavy atom. The summed E-state index contributed by atoms with van der Waals surface area (Å²) in [5.74, 6) is 0.841. The molecule has 0 saturated carbocycles. The Labute approximate surface area is 152 Å². The predicted octanol–water partition coefficient (Wildman–Crippen LogP) is 1.48. The highest BCUT2D eigenvalue weighted by Gasteiger charge is 2.29. The Morgan fingerprint density at radius 1 is 1.00 bits per heavy atom. The SMILES string of the molecule is O=C1CCc2cc(S(=O)(=O)N3CCN(c4ccccn4)CC3)ccc2N1. The van der Waals surface area contributed by atoms with Crippen LogP contribution in [0.15, 0.2) is 47.5 Å². The number of amides is 1. The van der Waals surface area contributed by atoms with Gasteiger partial charge in [0.25, 0.3) is 0 Å². The maximum atomic E-state index is 13.0. The van der Waals surface area contributed by atoms with Crippen LogP contribution >= 0.6 is 0 Å². The van der Waals surface area contributed by atoms with E-state index in [-0.39, 0.29) is 5.91 Å². The van der Waals surface area contributed by atoms with Gasteiger partial charge in [-0.15, -0.1) is 0 Å². The van der Waals surface area contributed by atoms with Crippen molar-refractivity contribution in [1.82, 2.24) is 9.29 Å². The van der Waals surface area contributed by atoms with Gasteiger partial charge in [0.1, 0.15) is 5.82 Å². The van der Waals surface area contributed by atoms with E-state index < -0.39 is 10.0 Å². The molecule has 2 aromatic rings. The number of aryl methyl sites for hydroxylation is 1. The Kier molecular flexibility index (Phi) is 4.37. The van der Waals surface area contributed by atoms with E-state index in [4.69, 9.17) is 0 Å². The number of benzene rings is 1. The maximum absolute atomic E-state index is 13.0. The van der Waals surface area contributed by atoms with E-state index in [0.717, 1.165) is 11.4 Å². The minimum absolute atomic E-state index is 0.0289. The van der Waals surface area contributed by atoms with Gasteiger partial charge in [-0.1, -0.05) is 6.07 Å². The molecule has 1 amide bonds. The molecule has 1 fully saturated rings. The lowest BCUT2D eigenvalue weighted by molar-refractivity contribution is -0.116. The number of sulfonamides is 1. The molecule has 26 heavy (non-hydrogen) atoms. The smallest absolute Gasteiger partial charge is 0.243 e. The number of hydrogen-bond acceptors (Lipinski definition) is 5. The van der Waals surface area contributed by atoms with Gasteiger partial charge in [0.15, 0.2) is 0 Å². The third-order valence-electron chi connectivity index (χ3n) is 4.82. The summed E-state index contributed by atoms with van der Waals surface area (Å²) in [5.41, 5.74) is 1.58. The van der Waals surface area contributed by atoms with E-state index in [0.29, 0.717) is 49.6 Å². The lowest BCUT2D eigenvalue weighted by atomic mass is 10.0. The number of piperazine rings is 1. The fourth-order valence-electron chi connectivity index (χ4n) is 3.37. The zero-order valence-electron chi connectivity index (χ0n) is 14.3. The summed E-state index contributed by atoms with van der Waals surface area (Å²) in [6.45, 7) is 2.06. The van der Waals surface area contributed by atoms with Gasteiger partial charge in [-0.3, -0.25) is 4.79 Å². The van der Waals surface area contributed by atoms with Crippen LogP contribution in [-0.4, -0.2) is 49.8 Å². The van der Waals surface area contributed by atoms with Crippen LogP contribution in [0.3, 0.4) is 0 Å². The van der Waals surface area contributed by atoms with Crippen molar-refractivity contribution in [3.05, 3.63) is 48.2 Å². The summed E-state index contributed by atoms with van der Waals surface area (Å²) in [6.07, 6.45) is 2.70. The summed E-state index contributed by atoms with van der Waals surface area (Å²) in [5, 5.41) is 2.78. The van der Waals surface area contributed by atoms with Crippen molar-refractivity contribution in [2.75, 3.05) is 36.4 Å². The van der Waals surface area contributed by atoms with Gasteiger partial charge in [0.2, 0.25) is 15.9 Å². The van der Waals surface area contributed by atoms with Crippen LogP contribution < -0.4 is 10.2 Å². The number of hydrogen-bond donors (Lipinski definition) is 1. The largest absolute Gasteiger partial charge is 0.354 e. The van der Waals surface area contributed by atoms with Crippen molar-refractivity contribution in [3.8, 4) is 0 Å². The van der Waals surface area contributed by atoms with E-state index in [1.807, 2.05) is 18.2 Å². The van der Waals surface area contributed by atoms with Gasteiger partial charge in [-0.05, 0) is 42.3 Å².